The number of rotatable bonds is 8. The summed E-state index contributed by atoms with van der Waals surface area (Å²) in [5.41, 5.74) is 2.44. The molecule has 0 fully saturated rings. The Labute approximate surface area is 116 Å². The first-order chi connectivity index (χ1) is 9.21. The van der Waals surface area contributed by atoms with Crippen LogP contribution in [0.4, 0.5) is 0 Å². The van der Waals surface area contributed by atoms with Gasteiger partial charge in [-0.25, -0.2) is 0 Å². The van der Waals surface area contributed by atoms with E-state index in [2.05, 4.69) is 31.3 Å². The molecule has 0 aliphatic rings. The molecule has 0 aromatic heterocycles. The molecule has 0 amide bonds. The van der Waals surface area contributed by atoms with Crippen molar-refractivity contribution in [1.29, 1.82) is 0 Å². The van der Waals surface area contributed by atoms with E-state index in [0.717, 1.165) is 36.6 Å². The van der Waals surface area contributed by atoms with Crippen LogP contribution in [0.2, 0.25) is 0 Å². The lowest BCUT2D eigenvalue weighted by molar-refractivity contribution is 0.311. The molecule has 1 N–H and O–H groups in total. The number of methoxy groups -OCH3 is 1. The Morgan fingerprint density at radius 2 is 2.05 bits per heavy atom. The summed E-state index contributed by atoms with van der Waals surface area (Å²) in [6, 6.07) is 6.02. The van der Waals surface area contributed by atoms with E-state index in [-0.39, 0.29) is 0 Å². The van der Waals surface area contributed by atoms with Crippen LogP contribution in [0.3, 0.4) is 0 Å². The van der Waals surface area contributed by atoms with Gasteiger partial charge in [0.05, 0.1) is 13.7 Å². The molecule has 0 unspecified atom stereocenters. The molecule has 0 aliphatic heterocycles. The normalized spacial score (nSPS) is 11.5. The second kappa shape index (κ2) is 8.59. The molecule has 0 atom stereocenters. The van der Waals surface area contributed by atoms with Crippen molar-refractivity contribution in [3.8, 4) is 11.5 Å². The molecule has 0 spiro atoms. The van der Waals surface area contributed by atoms with Gasteiger partial charge in [0.1, 0.15) is 0 Å². The maximum Gasteiger partial charge on any atom is 0.161 e. The molecule has 1 aromatic rings. The Balaban J connectivity index is 2.75. The van der Waals surface area contributed by atoms with Crippen LogP contribution >= 0.6 is 0 Å². The lowest BCUT2D eigenvalue weighted by atomic mass is 10.1. The SMILES string of the molecule is CCCNCC(C)=Cc1ccc(OCC)c(OC)c1. The highest BCUT2D eigenvalue weighted by atomic mass is 16.5. The highest BCUT2D eigenvalue weighted by Crippen LogP contribution is 2.28. The molecule has 106 valence electrons. The van der Waals surface area contributed by atoms with Crippen molar-refractivity contribution >= 4 is 6.08 Å². The average Bonchev–Trinajstić information content (AvgIpc) is 2.41. The standard InChI is InChI=1S/C16H25NO2/c1-5-9-17-12-13(3)10-14-7-8-15(19-6-2)16(11-14)18-4/h7-8,10-11,17H,5-6,9,12H2,1-4H3. The van der Waals surface area contributed by atoms with E-state index in [1.807, 2.05) is 19.1 Å². The molecule has 1 aromatic carbocycles. The summed E-state index contributed by atoms with van der Waals surface area (Å²) in [6.07, 6.45) is 3.32. The fourth-order valence-electron chi connectivity index (χ4n) is 1.85. The number of nitrogens with one attached hydrogen (secondary N) is 1. The summed E-state index contributed by atoms with van der Waals surface area (Å²) in [5.74, 6) is 1.58. The first kappa shape index (κ1) is 15.6. The van der Waals surface area contributed by atoms with E-state index in [1.165, 1.54) is 5.57 Å². The second-order valence-electron chi connectivity index (χ2n) is 4.51. The first-order valence-electron chi connectivity index (χ1n) is 6.90. The van der Waals surface area contributed by atoms with Crippen molar-refractivity contribution < 1.29 is 9.47 Å². The van der Waals surface area contributed by atoms with Gasteiger partial charge in [0.2, 0.25) is 0 Å². The van der Waals surface area contributed by atoms with Gasteiger partial charge in [0.15, 0.2) is 11.5 Å². The molecule has 0 saturated carbocycles. The van der Waals surface area contributed by atoms with Crippen LogP contribution in [0.1, 0.15) is 32.8 Å². The Bertz CT molecular complexity index is 413. The molecule has 0 heterocycles. The van der Waals surface area contributed by atoms with Gasteiger partial charge >= 0.3 is 0 Å². The van der Waals surface area contributed by atoms with Gasteiger partial charge < -0.3 is 14.8 Å². The predicted molar refractivity (Wildman–Crippen MR) is 81.0 cm³/mol. The van der Waals surface area contributed by atoms with Gasteiger partial charge in [-0.15, -0.1) is 0 Å². The molecule has 0 aliphatic carbocycles. The van der Waals surface area contributed by atoms with Gasteiger partial charge in [-0.1, -0.05) is 24.6 Å². The van der Waals surface area contributed by atoms with E-state index < -0.39 is 0 Å². The van der Waals surface area contributed by atoms with Crippen LogP contribution in [0.15, 0.2) is 23.8 Å². The van der Waals surface area contributed by atoms with Gasteiger partial charge in [-0.3, -0.25) is 0 Å². The zero-order chi connectivity index (χ0) is 14.1. The zero-order valence-electron chi connectivity index (χ0n) is 12.5. The molecule has 3 heteroatoms. The second-order valence-corrected chi connectivity index (χ2v) is 4.51. The van der Waals surface area contributed by atoms with E-state index in [1.54, 1.807) is 7.11 Å². The number of benzene rings is 1. The van der Waals surface area contributed by atoms with Crippen LogP contribution in [-0.2, 0) is 0 Å². The molecule has 0 radical (unpaired) electrons. The van der Waals surface area contributed by atoms with Gasteiger partial charge in [-0.2, -0.15) is 0 Å². The van der Waals surface area contributed by atoms with Crippen molar-refractivity contribution in [2.45, 2.75) is 27.2 Å². The summed E-state index contributed by atoms with van der Waals surface area (Å²) in [7, 11) is 1.67. The lowest BCUT2D eigenvalue weighted by Crippen LogP contribution is -2.16. The summed E-state index contributed by atoms with van der Waals surface area (Å²) in [6.45, 7) is 8.89. The highest BCUT2D eigenvalue weighted by Gasteiger charge is 2.04. The summed E-state index contributed by atoms with van der Waals surface area (Å²) >= 11 is 0. The highest BCUT2D eigenvalue weighted by molar-refractivity contribution is 5.58. The fourth-order valence-corrected chi connectivity index (χ4v) is 1.85. The fraction of sp³-hybridized carbons (Fsp3) is 0.500. The minimum atomic E-state index is 0.644. The molecule has 3 nitrogen and oxygen atoms in total. The van der Waals surface area contributed by atoms with E-state index in [9.17, 15) is 0 Å². The average molecular weight is 263 g/mol. The third-order valence-corrected chi connectivity index (χ3v) is 2.73. The Hall–Kier alpha value is -1.48. The summed E-state index contributed by atoms with van der Waals surface area (Å²) in [5, 5.41) is 3.39. The summed E-state index contributed by atoms with van der Waals surface area (Å²) < 4.78 is 10.9. The predicted octanol–water partition coefficient (Wildman–Crippen LogP) is 3.50. The monoisotopic (exact) mass is 263 g/mol. The van der Waals surface area contributed by atoms with Gasteiger partial charge in [0.25, 0.3) is 0 Å². The number of hydrogen-bond donors (Lipinski definition) is 1. The van der Waals surface area contributed by atoms with Crippen molar-refractivity contribution in [3.05, 3.63) is 29.3 Å². The van der Waals surface area contributed by atoms with Crippen LogP contribution in [0.5, 0.6) is 11.5 Å². The van der Waals surface area contributed by atoms with Gasteiger partial charge in [0, 0.05) is 6.54 Å². The van der Waals surface area contributed by atoms with Crippen molar-refractivity contribution in [2.75, 3.05) is 26.8 Å². The minimum absolute atomic E-state index is 0.644. The van der Waals surface area contributed by atoms with Gasteiger partial charge in [-0.05, 0) is 44.5 Å². The summed E-state index contributed by atoms with van der Waals surface area (Å²) in [4.78, 5) is 0. The topological polar surface area (TPSA) is 30.5 Å². The molecular weight excluding hydrogens is 238 g/mol. The Morgan fingerprint density at radius 1 is 1.26 bits per heavy atom. The Kier molecular flexibility index (Phi) is 7.04. The van der Waals surface area contributed by atoms with Crippen LogP contribution in [0.25, 0.3) is 6.08 Å². The van der Waals surface area contributed by atoms with E-state index >= 15 is 0 Å². The molecule has 0 saturated heterocycles. The first-order valence-corrected chi connectivity index (χ1v) is 6.90. The molecular formula is C16H25NO2. The molecule has 19 heavy (non-hydrogen) atoms. The molecule has 1 rings (SSSR count). The van der Waals surface area contributed by atoms with Crippen molar-refractivity contribution in [1.82, 2.24) is 5.32 Å². The smallest absolute Gasteiger partial charge is 0.161 e. The Morgan fingerprint density at radius 3 is 2.68 bits per heavy atom. The van der Waals surface area contributed by atoms with E-state index in [4.69, 9.17) is 9.47 Å². The zero-order valence-corrected chi connectivity index (χ0v) is 12.5. The largest absolute Gasteiger partial charge is 0.493 e. The molecule has 0 bridgehead atoms. The van der Waals surface area contributed by atoms with Crippen LogP contribution in [-0.4, -0.2) is 26.8 Å². The van der Waals surface area contributed by atoms with Crippen LogP contribution < -0.4 is 14.8 Å². The third-order valence-electron chi connectivity index (χ3n) is 2.73. The van der Waals surface area contributed by atoms with Crippen molar-refractivity contribution in [3.63, 3.8) is 0 Å². The van der Waals surface area contributed by atoms with Crippen LogP contribution in [0, 0.1) is 0 Å². The lowest BCUT2D eigenvalue weighted by Gasteiger charge is -2.10. The number of ether oxygens (including phenoxy) is 2. The third kappa shape index (κ3) is 5.35. The quantitative estimate of drug-likeness (QED) is 0.728. The van der Waals surface area contributed by atoms with Crippen molar-refractivity contribution in [2.24, 2.45) is 0 Å². The van der Waals surface area contributed by atoms with E-state index in [0.29, 0.717) is 6.61 Å². The maximum atomic E-state index is 5.51. The number of hydrogen-bond acceptors (Lipinski definition) is 3. The maximum absolute atomic E-state index is 5.51. The minimum Gasteiger partial charge on any atom is -0.493 e.